The Morgan fingerprint density at radius 1 is 1.53 bits per heavy atom. The van der Waals surface area contributed by atoms with Crippen molar-refractivity contribution >= 4 is 5.91 Å². The molecule has 1 aliphatic heterocycles. The predicted octanol–water partition coefficient (Wildman–Crippen LogP) is 0.833. The van der Waals surface area contributed by atoms with Crippen molar-refractivity contribution in [1.82, 2.24) is 15.5 Å². The first-order chi connectivity index (χ1) is 8.13. The van der Waals surface area contributed by atoms with Crippen molar-refractivity contribution in [3.63, 3.8) is 0 Å². The number of hydrogen-bond donors (Lipinski definition) is 2. The highest BCUT2D eigenvalue weighted by Gasteiger charge is 2.22. The Balaban J connectivity index is 2.22. The smallest absolute Gasteiger partial charge is 0.234 e. The maximum Gasteiger partial charge on any atom is 0.234 e. The van der Waals surface area contributed by atoms with Crippen LogP contribution >= 0.6 is 0 Å². The van der Waals surface area contributed by atoms with E-state index in [1.165, 1.54) is 0 Å². The van der Waals surface area contributed by atoms with Crippen LogP contribution in [0, 0.1) is 5.92 Å². The SMILES string of the molecule is CCN(CC(=O)NCCC(C)C)C1CCNC1. The summed E-state index contributed by atoms with van der Waals surface area (Å²) in [4.78, 5) is 14.0. The van der Waals surface area contributed by atoms with Crippen LogP contribution in [-0.2, 0) is 4.79 Å². The van der Waals surface area contributed by atoms with E-state index in [0.717, 1.165) is 39.0 Å². The number of rotatable bonds is 7. The van der Waals surface area contributed by atoms with Crippen LogP contribution in [0.25, 0.3) is 0 Å². The Labute approximate surface area is 105 Å². The zero-order chi connectivity index (χ0) is 12.7. The largest absolute Gasteiger partial charge is 0.355 e. The molecule has 0 aliphatic carbocycles. The molecule has 2 N–H and O–H groups in total. The summed E-state index contributed by atoms with van der Waals surface area (Å²) in [6.45, 7) is 10.9. The minimum atomic E-state index is 0.166. The molecule has 4 heteroatoms. The van der Waals surface area contributed by atoms with Crippen LogP contribution in [0.3, 0.4) is 0 Å². The molecule has 100 valence electrons. The fourth-order valence-corrected chi connectivity index (χ4v) is 2.19. The normalized spacial score (nSPS) is 20.2. The second-order valence-electron chi connectivity index (χ2n) is 5.24. The van der Waals surface area contributed by atoms with E-state index in [-0.39, 0.29) is 5.91 Å². The molecule has 0 radical (unpaired) electrons. The number of carbonyl (C=O) groups is 1. The number of amides is 1. The van der Waals surface area contributed by atoms with Crippen LogP contribution < -0.4 is 10.6 Å². The van der Waals surface area contributed by atoms with Crippen molar-refractivity contribution in [2.75, 3.05) is 32.7 Å². The molecule has 1 amide bonds. The minimum Gasteiger partial charge on any atom is -0.355 e. The van der Waals surface area contributed by atoms with Gasteiger partial charge < -0.3 is 10.6 Å². The molecule has 1 aliphatic rings. The van der Waals surface area contributed by atoms with E-state index < -0.39 is 0 Å². The Morgan fingerprint density at radius 3 is 2.82 bits per heavy atom. The summed E-state index contributed by atoms with van der Waals surface area (Å²) < 4.78 is 0. The van der Waals surface area contributed by atoms with Crippen LogP contribution in [-0.4, -0.2) is 49.6 Å². The number of likely N-dealkylation sites (N-methyl/N-ethyl adjacent to an activating group) is 1. The summed E-state index contributed by atoms with van der Waals surface area (Å²) in [5.74, 6) is 0.816. The average Bonchev–Trinajstić information content (AvgIpc) is 2.78. The maximum atomic E-state index is 11.8. The topological polar surface area (TPSA) is 44.4 Å². The third kappa shape index (κ3) is 5.50. The molecule has 1 heterocycles. The third-order valence-corrected chi connectivity index (χ3v) is 3.35. The van der Waals surface area contributed by atoms with E-state index in [0.29, 0.717) is 18.5 Å². The fraction of sp³-hybridized carbons (Fsp3) is 0.923. The number of carbonyl (C=O) groups excluding carboxylic acids is 1. The molecule has 4 nitrogen and oxygen atoms in total. The van der Waals surface area contributed by atoms with Crippen molar-refractivity contribution in [3.05, 3.63) is 0 Å². The summed E-state index contributed by atoms with van der Waals surface area (Å²) in [5, 5.41) is 6.35. The number of nitrogens with one attached hydrogen (secondary N) is 2. The van der Waals surface area contributed by atoms with E-state index in [1.807, 2.05) is 0 Å². The van der Waals surface area contributed by atoms with Gasteiger partial charge >= 0.3 is 0 Å². The molecule has 1 rings (SSSR count). The third-order valence-electron chi connectivity index (χ3n) is 3.35. The van der Waals surface area contributed by atoms with Crippen LogP contribution in [0.1, 0.15) is 33.6 Å². The van der Waals surface area contributed by atoms with Gasteiger partial charge in [0.2, 0.25) is 5.91 Å². The maximum absolute atomic E-state index is 11.8. The molecule has 0 saturated carbocycles. The molecule has 1 saturated heterocycles. The number of nitrogens with zero attached hydrogens (tertiary/aromatic N) is 1. The van der Waals surface area contributed by atoms with Crippen molar-refractivity contribution < 1.29 is 4.79 Å². The van der Waals surface area contributed by atoms with Crippen LogP contribution in [0.2, 0.25) is 0 Å². The first kappa shape index (κ1) is 14.5. The Morgan fingerprint density at radius 2 is 2.29 bits per heavy atom. The van der Waals surface area contributed by atoms with Crippen molar-refractivity contribution in [2.45, 2.75) is 39.7 Å². The minimum absolute atomic E-state index is 0.166. The lowest BCUT2D eigenvalue weighted by Crippen LogP contribution is -2.44. The molecular weight excluding hydrogens is 214 g/mol. The summed E-state index contributed by atoms with van der Waals surface area (Å²) in [6.07, 6.45) is 2.22. The van der Waals surface area contributed by atoms with E-state index in [1.54, 1.807) is 0 Å². The Bertz CT molecular complexity index is 225. The molecule has 0 aromatic carbocycles. The predicted molar refractivity (Wildman–Crippen MR) is 71.0 cm³/mol. The first-order valence-corrected chi connectivity index (χ1v) is 6.85. The molecule has 1 unspecified atom stereocenters. The quantitative estimate of drug-likeness (QED) is 0.694. The van der Waals surface area contributed by atoms with Gasteiger partial charge in [-0.1, -0.05) is 20.8 Å². The van der Waals surface area contributed by atoms with Crippen LogP contribution in [0.4, 0.5) is 0 Å². The Kier molecular flexibility index (Phi) is 6.52. The summed E-state index contributed by atoms with van der Waals surface area (Å²) >= 11 is 0. The molecular formula is C13H27N3O. The summed E-state index contributed by atoms with van der Waals surface area (Å²) in [6, 6.07) is 0.538. The monoisotopic (exact) mass is 241 g/mol. The standard InChI is InChI=1S/C13H27N3O/c1-4-16(12-6-7-14-9-12)10-13(17)15-8-5-11(2)3/h11-12,14H,4-10H2,1-3H3,(H,15,17). The zero-order valence-corrected chi connectivity index (χ0v) is 11.5. The van der Waals surface area contributed by atoms with Gasteiger partial charge in [-0.25, -0.2) is 0 Å². The molecule has 1 atom stereocenters. The van der Waals surface area contributed by atoms with E-state index >= 15 is 0 Å². The molecule has 0 spiro atoms. The lowest BCUT2D eigenvalue weighted by Gasteiger charge is -2.26. The van der Waals surface area contributed by atoms with Gasteiger partial charge in [0.25, 0.3) is 0 Å². The van der Waals surface area contributed by atoms with Crippen LogP contribution in [0.15, 0.2) is 0 Å². The fourth-order valence-electron chi connectivity index (χ4n) is 2.19. The average molecular weight is 241 g/mol. The van der Waals surface area contributed by atoms with E-state index in [4.69, 9.17) is 0 Å². The molecule has 17 heavy (non-hydrogen) atoms. The van der Waals surface area contributed by atoms with Crippen molar-refractivity contribution in [1.29, 1.82) is 0 Å². The highest BCUT2D eigenvalue weighted by Crippen LogP contribution is 2.07. The van der Waals surface area contributed by atoms with Gasteiger partial charge in [-0.3, -0.25) is 9.69 Å². The number of hydrogen-bond acceptors (Lipinski definition) is 3. The molecule has 0 aromatic heterocycles. The second kappa shape index (κ2) is 7.67. The lowest BCUT2D eigenvalue weighted by molar-refractivity contribution is -0.122. The van der Waals surface area contributed by atoms with Crippen molar-refractivity contribution in [2.24, 2.45) is 5.92 Å². The van der Waals surface area contributed by atoms with Gasteiger partial charge in [-0.2, -0.15) is 0 Å². The Hall–Kier alpha value is -0.610. The van der Waals surface area contributed by atoms with Gasteiger partial charge in [0.1, 0.15) is 0 Å². The van der Waals surface area contributed by atoms with Crippen molar-refractivity contribution in [3.8, 4) is 0 Å². The first-order valence-electron chi connectivity index (χ1n) is 6.85. The second-order valence-corrected chi connectivity index (χ2v) is 5.24. The van der Waals surface area contributed by atoms with E-state index in [9.17, 15) is 4.79 Å². The lowest BCUT2D eigenvalue weighted by atomic mass is 10.1. The highest BCUT2D eigenvalue weighted by atomic mass is 16.2. The van der Waals surface area contributed by atoms with Gasteiger partial charge in [-0.15, -0.1) is 0 Å². The summed E-state index contributed by atoms with van der Waals surface area (Å²) in [7, 11) is 0. The molecule has 0 aromatic rings. The summed E-state index contributed by atoms with van der Waals surface area (Å²) in [5.41, 5.74) is 0. The molecule has 0 bridgehead atoms. The van der Waals surface area contributed by atoms with Gasteiger partial charge in [0, 0.05) is 19.1 Å². The van der Waals surface area contributed by atoms with Gasteiger partial charge in [0.05, 0.1) is 6.54 Å². The molecule has 1 fully saturated rings. The van der Waals surface area contributed by atoms with Gasteiger partial charge in [-0.05, 0) is 31.8 Å². The van der Waals surface area contributed by atoms with Crippen LogP contribution in [0.5, 0.6) is 0 Å². The highest BCUT2D eigenvalue weighted by molar-refractivity contribution is 5.78. The van der Waals surface area contributed by atoms with E-state index in [2.05, 4.69) is 36.3 Å². The van der Waals surface area contributed by atoms with Gasteiger partial charge in [0.15, 0.2) is 0 Å². The zero-order valence-electron chi connectivity index (χ0n) is 11.5.